The third-order valence-corrected chi connectivity index (χ3v) is 1.31. The monoisotopic (exact) mass is 118 g/mol. The molecule has 0 N–H and O–H groups in total. The lowest BCUT2D eigenvalue weighted by Gasteiger charge is -2.11. The average Bonchev–Trinajstić information content (AvgIpc) is 1.31. The first-order chi connectivity index (χ1) is 2.94. The SMILES string of the molecule is CC(=O)C(C)(C)P. The summed E-state index contributed by atoms with van der Waals surface area (Å²) < 4.78 is 0. The molecule has 0 saturated heterocycles. The second kappa shape index (κ2) is 1.92. The molecule has 0 heterocycles. The van der Waals surface area contributed by atoms with Gasteiger partial charge in [0.05, 0.1) is 0 Å². The van der Waals surface area contributed by atoms with Crippen molar-refractivity contribution in [1.82, 2.24) is 0 Å². The number of carbonyl (C=O) groups is 1. The van der Waals surface area contributed by atoms with Crippen molar-refractivity contribution in [3.05, 3.63) is 0 Å². The Kier molecular flexibility index (Phi) is 1.94. The van der Waals surface area contributed by atoms with Gasteiger partial charge in [-0.3, -0.25) is 4.79 Å². The van der Waals surface area contributed by atoms with Crippen LogP contribution in [-0.2, 0) is 4.79 Å². The van der Waals surface area contributed by atoms with Gasteiger partial charge in [-0.2, -0.15) is 0 Å². The molecule has 7 heavy (non-hydrogen) atoms. The van der Waals surface area contributed by atoms with Gasteiger partial charge < -0.3 is 0 Å². The highest BCUT2D eigenvalue weighted by atomic mass is 31.0. The molecule has 0 aliphatic heterocycles. The molecular weight excluding hydrogens is 107 g/mol. The van der Waals surface area contributed by atoms with E-state index in [2.05, 4.69) is 9.24 Å². The molecule has 0 fully saturated rings. The van der Waals surface area contributed by atoms with E-state index in [4.69, 9.17) is 0 Å². The van der Waals surface area contributed by atoms with E-state index in [1.54, 1.807) is 6.92 Å². The Morgan fingerprint density at radius 1 is 1.57 bits per heavy atom. The summed E-state index contributed by atoms with van der Waals surface area (Å²) in [5.41, 5.74) is 0. The maximum atomic E-state index is 10.4. The number of Topliss-reactive ketones (excluding diaryl/α,β-unsaturated/α-hetero) is 1. The van der Waals surface area contributed by atoms with Gasteiger partial charge in [-0.25, -0.2) is 0 Å². The molecule has 0 aromatic rings. The summed E-state index contributed by atoms with van der Waals surface area (Å²) in [4.78, 5) is 10.4. The van der Waals surface area contributed by atoms with Crippen LogP contribution in [0.3, 0.4) is 0 Å². The maximum absolute atomic E-state index is 10.4. The zero-order valence-corrected chi connectivity index (χ0v) is 6.14. The first-order valence-electron chi connectivity index (χ1n) is 2.24. The molecular formula is C5H11OP. The minimum absolute atomic E-state index is 0.206. The molecule has 1 nitrogen and oxygen atoms in total. The van der Waals surface area contributed by atoms with Crippen LogP contribution < -0.4 is 0 Å². The molecule has 1 unspecified atom stereocenters. The Bertz CT molecular complexity index is 80.6. The molecule has 0 saturated carbocycles. The van der Waals surface area contributed by atoms with Crippen LogP contribution in [0.1, 0.15) is 20.8 Å². The summed E-state index contributed by atoms with van der Waals surface area (Å²) in [6.07, 6.45) is 0. The van der Waals surface area contributed by atoms with Crippen LogP contribution in [-0.4, -0.2) is 10.9 Å². The predicted molar refractivity (Wildman–Crippen MR) is 34.5 cm³/mol. The fraction of sp³-hybridized carbons (Fsp3) is 0.800. The molecule has 0 aliphatic carbocycles. The van der Waals surface area contributed by atoms with Gasteiger partial charge in [0.1, 0.15) is 5.78 Å². The van der Waals surface area contributed by atoms with Crippen molar-refractivity contribution in [3.63, 3.8) is 0 Å². The van der Waals surface area contributed by atoms with Crippen LogP contribution in [0.25, 0.3) is 0 Å². The topological polar surface area (TPSA) is 17.1 Å². The van der Waals surface area contributed by atoms with E-state index >= 15 is 0 Å². The summed E-state index contributed by atoms with van der Waals surface area (Å²) in [5.74, 6) is 0.206. The van der Waals surface area contributed by atoms with Crippen molar-refractivity contribution < 1.29 is 4.79 Å². The van der Waals surface area contributed by atoms with E-state index in [1.807, 2.05) is 13.8 Å². The van der Waals surface area contributed by atoms with Crippen LogP contribution in [0, 0.1) is 0 Å². The molecule has 0 amide bonds. The van der Waals surface area contributed by atoms with Crippen LogP contribution in [0.4, 0.5) is 0 Å². The second-order valence-electron chi connectivity index (χ2n) is 2.28. The largest absolute Gasteiger partial charge is 0.299 e. The highest BCUT2D eigenvalue weighted by molar-refractivity contribution is 7.20. The second-order valence-corrected chi connectivity index (χ2v) is 3.72. The lowest BCUT2D eigenvalue weighted by molar-refractivity contribution is -0.118. The molecule has 0 aliphatic rings. The van der Waals surface area contributed by atoms with Crippen molar-refractivity contribution in [2.24, 2.45) is 0 Å². The third kappa shape index (κ3) is 2.76. The lowest BCUT2D eigenvalue weighted by Crippen LogP contribution is -2.19. The van der Waals surface area contributed by atoms with Crippen LogP contribution in [0.5, 0.6) is 0 Å². The Morgan fingerprint density at radius 2 is 1.71 bits per heavy atom. The van der Waals surface area contributed by atoms with E-state index in [9.17, 15) is 4.79 Å². The Labute approximate surface area is 46.7 Å². The Morgan fingerprint density at radius 3 is 1.71 bits per heavy atom. The van der Waals surface area contributed by atoms with Gasteiger partial charge in [0.25, 0.3) is 0 Å². The van der Waals surface area contributed by atoms with E-state index in [0.717, 1.165) is 0 Å². The van der Waals surface area contributed by atoms with Gasteiger partial charge in [0, 0.05) is 5.16 Å². The normalized spacial score (nSPS) is 11.4. The molecule has 42 valence electrons. The predicted octanol–water partition coefficient (Wildman–Crippen LogP) is 1.23. The van der Waals surface area contributed by atoms with E-state index in [1.165, 1.54) is 0 Å². The van der Waals surface area contributed by atoms with Crippen molar-refractivity contribution in [2.75, 3.05) is 0 Å². The van der Waals surface area contributed by atoms with Crippen LogP contribution in [0.2, 0.25) is 0 Å². The third-order valence-electron chi connectivity index (χ3n) is 0.907. The Balaban J connectivity index is 3.79. The van der Waals surface area contributed by atoms with Crippen LogP contribution in [0.15, 0.2) is 0 Å². The zero-order valence-electron chi connectivity index (χ0n) is 4.99. The minimum Gasteiger partial charge on any atom is -0.299 e. The minimum atomic E-state index is -0.222. The first-order valence-corrected chi connectivity index (χ1v) is 2.82. The van der Waals surface area contributed by atoms with Gasteiger partial charge in [-0.05, 0) is 20.8 Å². The van der Waals surface area contributed by atoms with Crippen LogP contribution >= 0.6 is 9.24 Å². The van der Waals surface area contributed by atoms with Crippen molar-refractivity contribution in [3.8, 4) is 0 Å². The summed E-state index contributed by atoms with van der Waals surface area (Å²) in [6, 6.07) is 0. The smallest absolute Gasteiger partial charge is 0.139 e. The number of rotatable bonds is 1. The molecule has 0 rings (SSSR count). The molecule has 1 atom stereocenters. The summed E-state index contributed by atoms with van der Waals surface area (Å²) in [6.45, 7) is 5.34. The quantitative estimate of drug-likeness (QED) is 0.473. The zero-order chi connectivity index (χ0) is 6.08. The summed E-state index contributed by atoms with van der Waals surface area (Å²) >= 11 is 0. The highest BCUT2D eigenvalue weighted by Gasteiger charge is 2.14. The standard InChI is InChI=1S/C5H11OP/c1-4(6)5(2,3)7/h7H2,1-3H3. The Hall–Kier alpha value is 0.100. The number of ketones is 1. The fourth-order valence-corrected chi connectivity index (χ4v) is 0. The van der Waals surface area contributed by atoms with E-state index < -0.39 is 0 Å². The van der Waals surface area contributed by atoms with Crippen molar-refractivity contribution in [1.29, 1.82) is 0 Å². The van der Waals surface area contributed by atoms with Gasteiger partial charge in [0.2, 0.25) is 0 Å². The van der Waals surface area contributed by atoms with Gasteiger partial charge >= 0.3 is 0 Å². The maximum Gasteiger partial charge on any atom is 0.139 e. The molecule has 0 bridgehead atoms. The highest BCUT2D eigenvalue weighted by Crippen LogP contribution is 2.15. The number of carbonyl (C=O) groups excluding carboxylic acids is 1. The number of hydrogen-bond acceptors (Lipinski definition) is 1. The van der Waals surface area contributed by atoms with Gasteiger partial charge in [-0.15, -0.1) is 9.24 Å². The molecule has 2 heteroatoms. The average molecular weight is 118 g/mol. The van der Waals surface area contributed by atoms with Gasteiger partial charge in [0.15, 0.2) is 0 Å². The summed E-state index contributed by atoms with van der Waals surface area (Å²) in [7, 11) is 2.48. The van der Waals surface area contributed by atoms with Crippen molar-refractivity contribution >= 4 is 15.0 Å². The fourth-order valence-electron chi connectivity index (χ4n) is 0. The first kappa shape index (κ1) is 7.10. The van der Waals surface area contributed by atoms with E-state index in [-0.39, 0.29) is 10.9 Å². The molecule has 0 aromatic carbocycles. The summed E-state index contributed by atoms with van der Waals surface area (Å²) in [5, 5.41) is -0.222. The van der Waals surface area contributed by atoms with E-state index in [0.29, 0.717) is 0 Å². The molecule has 0 spiro atoms. The lowest BCUT2D eigenvalue weighted by atomic mass is 10.1. The van der Waals surface area contributed by atoms with Gasteiger partial charge in [-0.1, -0.05) is 0 Å². The molecule has 0 aromatic heterocycles. The molecule has 0 radical (unpaired) electrons. The number of hydrogen-bond donors (Lipinski definition) is 0. The van der Waals surface area contributed by atoms with Crippen molar-refractivity contribution in [2.45, 2.75) is 25.9 Å².